The molecule has 0 saturated carbocycles. The molecule has 2 N–H and O–H groups in total. The molecule has 0 bridgehead atoms. The van der Waals surface area contributed by atoms with E-state index in [9.17, 15) is 9.18 Å². The molecule has 3 aromatic carbocycles. The summed E-state index contributed by atoms with van der Waals surface area (Å²) in [4.78, 5) is 13.3. The number of hydrogen-bond acceptors (Lipinski definition) is 6. The van der Waals surface area contributed by atoms with Crippen LogP contribution in [0.15, 0.2) is 84.0 Å². The number of amides is 1. The number of ether oxygens (including phenoxy) is 1. The van der Waals surface area contributed by atoms with E-state index >= 15 is 0 Å². The summed E-state index contributed by atoms with van der Waals surface area (Å²) in [5.41, 5.74) is 5.33. The molecule has 0 unspecified atom stereocenters. The summed E-state index contributed by atoms with van der Waals surface area (Å²) < 4.78 is 21.6. The van der Waals surface area contributed by atoms with Crippen LogP contribution in [0.3, 0.4) is 0 Å². The van der Waals surface area contributed by atoms with Crippen molar-refractivity contribution >= 4 is 23.4 Å². The van der Waals surface area contributed by atoms with Gasteiger partial charge in [0.1, 0.15) is 16.8 Å². The second-order valence-corrected chi connectivity index (χ2v) is 8.73. The summed E-state index contributed by atoms with van der Waals surface area (Å²) in [6, 6.07) is 23.0. The van der Waals surface area contributed by atoms with Crippen molar-refractivity contribution in [2.45, 2.75) is 23.4 Å². The standard InChI is InChI=1S/C25H22FN5O2S/c1-2-33-18-14-12-16(13-15-18)21-22(24(32)27-20-11-7-6-10-19(20)26)34-25-29-28-23(31(25)30-21)17-8-4-3-5-9-17/h3-15,21-22,30H,2H2,1H3,(H,27,32)/t21-,22-/m1/s1. The van der Waals surface area contributed by atoms with Crippen LogP contribution in [0.2, 0.25) is 0 Å². The maximum atomic E-state index is 14.2. The number of halogens is 1. The van der Waals surface area contributed by atoms with Gasteiger partial charge in [-0.25, -0.2) is 9.07 Å². The zero-order valence-electron chi connectivity index (χ0n) is 18.3. The van der Waals surface area contributed by atoms with Crippen molar-refractivity contribution < 1.29 is 13.9 Å². The number of rotatable bonds is 6. The van der Waals surface area contributed by atoms with E-state index in [1.54, 1.807) is 16.8 Å². The van der Waals surface area contributed by atoms with Gasteiger partial charge in [0.05, 0.1) is 18.3 Å². The van der Waals surface area contributed by atoms with Crippen LogP contribution in [-0.2, 0) is 4.79 Å². The summed E-state index contributed by atoms with van der Waals surface area (Å²) in [5.74, 6) is 0.567. The number of carbonyl (C=O) groups excluding carboxylic acids is 1. The molecule has 2 heterocycles. The van der Waals surface area contributed by atoms with Crippen LogP contribution in [0.1, 0.15) is 18.5 Å². The lowest BCUT2D eigenvalue weighted by Crippen LogP contribution is -2.41. The van der Waals surface area contributed by atoms with Gasteiger partial charge in [0.15, 0.2) is 5.82 Å². The second-order valence-electron chi connectivity index (χ2n) is 7.62. The van der Waals surface area contributed by atoms with Crippen LogP contribution in [0.5, 0.6) is 5.75 Å². The molecule has 0 fully saturated rings. The highest BCUT2D eigenvalue weighted by molar-refractivity contribution is 8.00. The fourth-order valence-electron chi connectivity index (χ4n) is 3.78. The SMILES string of the molecule is CCOc1ccc([C@H]2Nn3c(nnc3-c3ccccc3)S[C@H]2C(=O)Nc2ccccc2F)cc1. The van der Waals surface area contributed by atoms with Crippen molar-refractivity contribution in [3.63, 3.8) is 0 Å². The molecule has 7 nitrogen and oxygen atoms in total. The van der Waals surface area contributed by atoms with Gasteiger partial charge < -0.3 is 15.5 Å². The largest absolute Gasteiger partial charge is 0.494 e. The third-order valence-electron chi connectivity index (χ3n) is 5.41. The van der Waals surface area contributed by atoms with Gasteiger partial charge in [0.25, 0.3) is 0 Å². The second kappa shape index (κ2) is 9.56. The van der Waals surface area contributed by atoms with Gasteiger partial charge in [-0.15, -0.1) is 10.2 Å². The summed E-state index contributed by atoms with van der Waals surface area (Å²) >= 11 is 1.28. The van der Waals surface area contributed by atoms with Crippen molar-refractivity contribution in [1.82, 2.24) is 14.9 Å². The van der Waals surface area contributed by atoms with E-state index in [-0.39, 0.29) is 11.6 Å². The van der Waals surface area contributed by atoms with Crippen LogP contribution in [0.25, 0.3) is 11.4 Å². The molecular formula is C25H22FN5O2S. The van der Waals surface area contributed by atoms with Gasteiger partial charge in [-0.1, -0.05) is 66.4 Å². The Kier molecular flexibility index (Phi) is 6.18. The van der Waals surface area contributed by atoms with E-state index in [1.165, 1.54) is 23.9 Å². The van der Waals surface area contributed by atoms with Crippen LogP contribution >= 0.6 is 11.8 Å². The number of nitrogens with one attached hydrogen (secondary N) is 2. The Morgan fingerprint density at radius 2 is 1.79 bits per heavy atom. The number of thioether (sulfide) groups is 1. The van der Waals surface area contributed by atoms with Gasteiger partial charge in [-0.05, 0) is 36.8 Å². The Labute approximate surface area is 200 Å². The Hall–Kier alpha value is -3.85. The van der Waals surface area contributed by atoms with Crippen molar-refractivity contribution in [2.24, 2.45) is 0 Å². The number of anilines is 1. The first-order valence-electron chi connectivity index (χ1n) is 10.9. The summed E-state index contributed by atoms with van der Waals surface area (Å²) in [7, 11) is 0. The number of aromatic nitrogens is 3. The molecular weight excluding hydrogens is 453 g/mol. The number of carbonyl (C=O) groups is 1. The van der Waals surface area contributed by atoms with E-state index in [2.05, 4.69) is 20.9 Å². The lowest BCUT2D eigenvalue weighted by Gasteiger charge is -2.33. The molecule has 2 atom stereocenters. The normalized spacial score (nSPS) is 16.9. The van der Waals surface area contributed by atoms with Crippen LogP contribution in [0, 0.1) is 5.82 Å². The topological polar surface area (TPSA) is 81.1 Å². The molecule has 4 aromatic rings. The number of benzene rings is 3. The molecule has 0 saturated heterocycles. The lowest BCUT2D eigenvalue weighted by atomic mass is 10.0. The number of hydrogen-bond donors (Lipinski definition) is 2. The Morgan fingerprint density at radius 1 is 1.06 bits per heavy atom. The first kappa shape index (κ1) is 22.0. The molecule has 1 amide bonds. The maximum Gasteiger partial charge on any atom is 0.240 e. The van der Waals surface area contributed by atoms with E-state index in [1.807, 2.05) is 61.5 Å². The van der Waals surface area contributed by atoms with Crippen molar-refractivity contribution in [1.29, 1.82) is 0 Å². The average Bonchev–Trinajstić information content (AvgIpc) is 3.29. The van der Waals surface area contributed by atoms with Crippen LogP contribution in [0.4, 0.5) is 10.1 Å². The molecule has 0 radical (unpaired) electrons. The molecule has 34 heavy (non-hydrogen) atoms. The van der Waals surface area contributed by atoms with E-state index in [0.717, 1.165) is 16.9 Å². The highest BCUT2D eigenvalue weighted by atomic mass is 32.2. The van der Waals surface area contributed by atoms with Gasteiger partial charge in [-0.2, -0.15) is 0 Å². The highest BCUT2D eigenvalue weighted by Gasteiger charge is 2.38. The Bertz CT molecular complexity index is 1300. The van der Waals surface area contributed by atoms with E-state index < -0.39 is 17.1 Å². The van der Waals surface area contributed by atoms with Gasteiger partial charge >= 0.3 is 0 Å². The monoisotopic (exact) mass is 475 g/mol. The fraction of sp³-hybridized carbons (Fsp3) is 0.160. The number of fused-ring (bicyclic) bond motifs is 1. The highest BCUT2D eigenvalue weighted by Crippen LogP contribution is 2.39. The van der Waals surface area contributed by atoms with Gasteiger partial charge in [0.2, 0.25) is 11.1 Å². The molecule has 1 aliphatic heterocycles. The first-order chi connectivity index (χ1) is 16.6. The predicted molar refractivity (Wildman–Crippen MR) is 130 cm³/mol. The lowest BCUT2D eigenvalue weighted by molar-refractivity contribution is -0.116. The Morgan fingerprint density at radius 3 is 2.53 bits per heavy atom. The average molecular weight is 476 g/mol. The molecule has 5 rings (SSSR count). The quantitative estimate of drug-likeness (QED) is 0.414. The summed E-state index contributed by atoms with van der Waals surface area (Å²) in [6.45, 7) is 2.49. The molecule has 9 heteroatoms. The van der Waals surface area contributed by atoms with Crippen molar-refractivity contribution in [2.75, 3.05) is 17.3 Å². The number of para-hydroxylation sites is 1. The molecule has 1 aliphatic rings. The minimum absolute atomic E-state index is 0.135. The third kappa shape index (κ3) is 4.34. The molecule has 0 aliphatic carbocycles. The Balaban J connectivity index is 1.51. The van der Waals surface area contributed by atoms with E-state index in [4.69, 9.17) is 4.74 Å². The van der Waals surface area contributed by atoms with Crippen molar-refractivity contribution in [3.8, 4) is 17.1 Å². The third-order valence-corrected chi connectivity index (χ3v) is 6.62. The van der Waals surface area contributed by atoms with Gasteiger partial charge in [-0.3, -0.25) is 4.79 Å². The molecule has 1 aromatic heterocycles. The minimum atomic E-state index is -0.627. The molecule has 172 valence electrons. The molecule has 0 spiro atoms. The minimum Gasteiger partial charge on any atom is -0.494 e. The zero-order valence-corrected chi connectivity index (χ0v) is 19.1. The van der Waals surface area contributed by atoms with E-state index in [0.29, 0.717) is 17.6 Å². The summed E-state index contributed by atoms with van der Waals surface area (Å²) in [6.07, 6.45) is 0. The zero-order chi connectivity index (χ0) is 23.5. The smallest absolute Gasteiger partial charge is 0.240 e. The van der Waals surface area contributed by atoms with Crippen LogP contribution in [-0.4, -0.2) is 32.6 Å². The van der Waals surface area contributed by atoms with Gasteiger partial charge in [0, 0.05) is 5.56 Å². The number of nitrogens with zero attached hydrogens (tertiary/aromatic N) is 3. The predicted octanol–water partition coefficient (Wildman–Crippen LogP) is 4.88. The summed E-state index contributed by atoms with van der Waals surface area (Å²) in [5, 5.41) is 11.3. The van der Waals surface area contributed by atoms with Crippen molar-refractivity contribution in [3.05, 3.63) is 90.2 Å². The van der Waals surface area contributed by atoms with Crippen LogP contribution < -0.4 is 15.5 Å². The maximum absolute atomic E-state index is 14.2. The first-order valence-corrected chi connectivity index (χ1v) is 11.7. The fourth-order valence-corrected chi connectivity index (χ4v) is 4.86.